The number of hydrogen-bond acceptors (Lipinski definition) is 1. The summed E-state index contributed by atoms with van der Waals surface area (Å²) in [7, 11) is 0. The van der Waals surface area contributed by atoms with Gasteiger partial charge in [-0.15, -0.1) is 0 Å². The summed E-state index contributed by atoms with van der Waals surface area (Å²) in [6.45, 7) is 0. The van der Waals surface area contributed by atoms with Crippen molar-refractivity contribution in [3.05, 3.63) is 68.7 Å². The van der Waals surface area contributed by atoms with Crippen LogP contribution in [0.3, 0.4) is 0 Å². The van der Waals surface area contributed by atoms with Crippen LogP contribution >= 0.6 is 27.5 Å². The zero-order valence-corrected chi connectivity index (χ0v) is 12.2. The van der Waals surface area contributed by atoms with E-state index in [-0.39, 0.29) is 11.4 Å². The van der Waals surface area contributed by atoms with Gasteiger partial charge in [-0.25, -0.2) is 8.78 Å². The number of benzene rings is 2. The molecule has 100 valence electrons. The second-order valence-corrected chi connectivity index (χ2v) is 5.51. The smallest absolute Gasteiger partial charge is 0.145 e. The van der Waals surface area contributed by atoms with Gasteiger partial charge >= 0.3 is 0 Å². The summed E-state index contributed by atoms with van der Waals surface area (Å²) in [4.78, 5) is 0. The molecule has 1 unspecified atom stereocenters. The fourth-order valence-electron chi connectivity index (χ4n) is 1.86. The fourth-order valence-corrected chi connectivity index (χ4v) is 2.38. The minimum absolute atomic E-state index is 0.0426. The van der Waals surface area contributed by atoms with E-state index < -0.39 is 17.7 Å². The topological polar surface area (TPSA) is 26.0 Å². The Morgan fingerprint density at radius 1 is 1.21 bits per heavy atom. The van der Waals surface area contributed by atoms with Crippen molar-refractivity contribution in [1.29, 1.82) is 0 Å². The van der Waals surface area contributed by atoms with E-state index in [1.54, 1.807) is 24.3 Å². The molecule has 0 amide bonds. The highest BCUT2D eigenvalue weighted by atomic mass is 79.9. The van der Waals surface area contributed by atoms with Gasteiger partial charge in [0.05, 0.1) is 5.02 Å². The number of hydrogen-bond donors (Lipinski definition) is 1. The molecule has 0 aliphatic rings. The molecule has 2 aromatic rings. The SMILES string of the molecule is NC(Cc1cccc(Cl)c1F)c1ccc(Br)cc1F. The summed E-state index contributed by atoms with van der Waals surface area (Å²) in [5.74, 6) is -0.915. The van der Waals surface area contributed by atoms with E-state index in [1.807, 2.05) is 0 Å². The van der Waals surface area contributed by atoms with Crippen molar-refractivity contribution in [2.45, 2.75) is 12.5 Å². The summed E-state index contributed by atoms with van der Waals surface area (Å²) in [5.41, 5.74) is 6.66. The Morgan fingerprint density at radius 2 is 1.95 bits per heavy atom. The van der Waals surface area contributed by atoms with Gasteiger partial charge in [-0.05, 0) is 30.2 Å². The molecule has 0 aliphatic heterocycles. The lowest BCUT2D eigenvalue weighted by Gasteiger charge is -2.14. The van der Waals surface area contributed by atoms with Gasteiger partial charge in [0, 0.05) is 16.1 Å². The average molecular weight is 347 g/mol. The third kappa shape index (κ3) is 3.32. The van der Waals surface area contributed by atoms with E-state index in [1.165, 1.54) is 12.1 Å². The molecular weight excluding hydrogens is 336 g/mol. The van der Waals surface area contributed by atoms with Gasteiger partial charge in [0.25, 0.3) is 0 Å². The molecule has 0 saturated heterocycles. The van der Waals surface area contributed by atoms with Crippen LogP contribution in [0.15, 0.2) is 40.9 Å². The first kappa shape index (κ1) is 14.4. The van der Waals surface area contributed by atoms with Crippen molar-refractivity contribution >= 4 is 27.5 Å². The maximum absolute atomic E-state index is 13.8. The largest absolute Gasteiger partial charge is 0.324 e. The van der Waals surface area contributed by atoms with E-state index in [2.05, 4.69) is 15.9 Å². The summed E-state index contributed by atoms with van der Waals surface area (Å²) in [6, 6.07) is 8.71. The zero-order valence-electron chi connectivity index (χ0n) is 9.84. The van der Waals surface area contributed by atoms with Crippen molar-refractivity contribution in [1.82, 2.24) is 0 Å². The third-order valence-electron chi connectivity index (χ3n) is 2.83. The van der Waals surface area contributed by atoms with E-state index in [9.17, 15) is 8.78 Å². The molecule has 5 heteroatoms. The molecule has 1 atom stereocenters. The fraction of sp³-hybridized carbons (Fsp3) is 0.143. The van der Waals surface area contributed by atoms with Gasteiger partial charge < -0.3 is 5.73 Å². The van der Waals surface area contributed by atoms with E-state index in [0.717, 1.165) is 0 Å². The standard InChI is InChI=1S/C14H11BrClF2N/c15-9-4-5-10(12(17)7-9)13(19)6-8-2-1-3-11(16)14(8)18/h1-5,7,13H,6,19H2. The predicted octanol–water partition coefficient (Wildman–Crippen LogP) is 4.62. The van der Waals surface area contributed by atoms with Crippen molar-refractivity contribution in [2.24, 2.45) is 5.73 Å². The van der Waals surface area contributed by atoms with Crippen LogP contribution in [0, 0.1) is 11.6 Å². The van der Waals surface area contributed by atoms with Gasteiger partial charge in [-0.3, -0.25) is 0 Å². The Morgan fingerprint density at radius 3 is 2.63 bits per heavy atom. The van der Waals surface area contributed by atoms with E-state index >= 15 is 0 Å². The van der Waals surface area contributed by atoms with E-state index in [4.69, 9.17) is 17.3 Å². The first-order valence-corrected chi connectivity index (χ1v) is 6.79. The Balaban J connectivity index is 2.25. The maximum Gasteiger partial charge on any atom is 0.145 e. The molecule has 0 saturated carbocycles. The lowest BCUT2D eigenvalue weighted by Crippen LogP contribution is -2.15. The third-order valence-corrected chi connectivity index (χ3v) is 3.62. The molecule has 0 aromatic heterocycles. The van der Waals surface area contributed by atoms with Gasteiger partial charge in [-0.2, -0.15) is 0 Å². The zero-order chi connectivity index (χ0) is 14.0. The van der Waals surface area contributed by atoms with Gasteiger partial charge in [0.2, 0.25) is 0 Å². The second-order valence-electron chi connectivity index (χ2n) is 4.19. The molecular formula is C14H11BrClF2N. The summed E-state index contributed by atoms with van der Waals surface area (Å²) < 4.78 is 28.1. The van der Waals surface area contributed by atoms with Gasteiger partial charge in [0.15, 0.2) is 0 Å². The van der Waals surface area contributed by atoms with E-state index in [0.29, 0.717) is 15.6 Å². The van der Waals surface area contributed by atoms with Crippen LogP contribution in [-0.2, 0) is 6.42 Å². The van der Waals surface area contributed by atoms with Crippen LogP contribution in [0.4, 0.5) is 8.78 Å². The number of rotatable bonds is 3. The molecule has 0 spiro atoms. The lowest BCUT2D eigenvalue weighted by atomic mass is 9.99. The van der Waals surface area contributed by atoms with Gasteiger partial charge in [-0.1, -0.05) is 45.7 Å². The minimum atomic E-state index is -0.624. The Labute approximate surface area is 123 Å². The lowest BCUT2D eigenvalue weighted by molar-refractivity contribution is 0.563. The number of halogens is 4. The Bertz CT molecular complexity index is 604. The van der Waals surface area contributed by atoms with Crippen molar-refractivity contribution in [2.75, 3.05) is 0 Å². The van der Waals surface area contributed by atoms with Crippen LogP contribution < -0.4 is 5.73 Å². The normalized spacial score (nSPS) is 12.5. The Kier molecular flexibility index (Phi) is 4.55. The monoisotopic (exact) mass is 345 g/mol. The van der Waals surface area contributed by atoms with Crippen LogP contribution in [0.2, 0.25) is 5.02 Å². The van der Waals surface area contributed by atoms with Crippen LogP contribution in [0.25, 0.3) is 0 Å². The molecule has 0 heterocycles. The Hall–Kier alpha value is -0.970. The highest BCUT2D eigenvalue weighted by Gasteiger charge is 2.15. The molecule has 0 radical (unpaired) electrons. The highest BCUT2D eigenvalue weighted by Crippen LogP contribution is 2.25. The molecule has 2 rings (SSSR count). The quantitative estimate of drug-likeness (QED) is 0.862. The first-order chi connectivity index (χ1) is 8.99. The molecule has 2 aromatic carbocycles. The van der Waals surface area contributed by atoms with Crippen LogP contribution in [0.5, 0.6) is 0 Å². The first-order valence-electron chi connectivity index (χ1n) is 5.62. The minimum Gasteiger partial charge on any atom is -0.324 e. The van der Waals surface area contributed by atoms with Gasteiger partial charge in [0.1, 0.15) is 11.6 Å². The molecule has 0 bridgehead atoms. The number of nitrogens with two attached hydrogens (primary N) is 1. The van der Waals surface area contributed by atoms with Crippen molar-refractivity contribution in [3.63, 3.8) is 0 Å². The predicted molar refractivity (Wildman–Crippen MR) is 76.1 cm³/mol. The highest BCUT2D eigenvalue weighted by molar-refractivity contribution is 9.10. The van der Waals surface area contributed by atoms with Crippen molar-refractivity contribution < 1.29 is 8.78 Å². The summed E-state index contributed by atoms with van der Waals surface area (Å²) >= 11 is 8.87. The summed E-state index contributed by atoms with van der Waals surface area (Å²) in [6.07, 6.45) is 0.185. The molecule has 1 nitrogen and oxygen atoms in total. The molecule has 2 N–H and O–H groups in total. The van der Waals surface area contributed by atoms with Crippen LogP contribution in [0.1, 0.15) is 17.2 Å². The van der Waals surface area contributed by atoms with Crippen molar-refractivity contribution in [3.8, 4) is 0 Å². The maximum atomic E-state index is 13.8. The van der Waals surface area contributed by atoms with Crippen LogP contribution in [-0.4, -0.2) is 0 Å². The average Bonchev–Trinajstić information content (AvgIpc) is 2.34. The molecule has 19 heavy (non-hydrogen) atoms. The second kappa shape index (κ2) is 5.99. The molecule has 0 fully saturated rings. The molecule has 0 aliphatic carbocycles. The summed E-state index contributed by atoms with van der Waals surface area (Å²) in [5, 5.41) is 0.0426.